The fourth-order valence-electron chi connectivity index (χ4n) is 3.50. The van der Waals surface area contributed by atoms with Crippen molar-refractivity contribution in [2.75, 3.05) is 5.32 Å². The van der Waals surface area contributed by atoms with Gasteiger partial charge in [-0.05, 0) is 31.2 Å². The molecule has 3 aromatic heterocycles. The van der Waals surface area contributed by atoms with Gasteiger partial charge in [-0.1, -0.05) is 11.6 Å². The maximum absolute atomic E-state index is 14.0. The topological polar surface area (TPSA) is 140 Å². The molecule has 3 heterocycles. The van der Waals surface area contributed by atoms with Crippen LogP contribution in [0.5, 0.6) is 0 Å². The Morgan fingerprint density at radius 3 is 2.57 bits per heavy atom. The number of pyridine rings is 2. The van der Waals surface area contributed by atoms with Crippen LogP contribution in [0.3, 0.4) is 0 Å². The number of carbonyl (C=O) groups excluding carboxylic acids is 2. The fraction of sp³-hybridized carbons (Fsp3) is 0.130. The molecule has 4 aromatic rings. The highest BCUT2D eigenvalue weighted by Gasteiger charge is 2.39. The van der Waals surface area contributed by atoms with Crippen LogP contribution in [-0.4, -0.2) is 31.6 Å². The first kappa shape index (κ1) is 25.5. The molecule has 0 aliphatic carbocycles. The number of nitriles is 1. The Bertz CT molecular complexity index is 1610. The molecule has 0 atom stereocenters. The number of nitrogens with zero attached hydrogens (tertiary/aromatic N) is 5. The number of hydrogen-bond donors (Lipinski definition) is 2. The van der Waals surface area contributed by atoms with Gasteiger partial charge in [0.05, 0.1) is 45.3 Å². The molecule has 0 aliphatic heterocycles. The van der Waals surface area contributed by atoms with Gasteiger partial charge in [-0.15, -0.1) is 0 Å². The van der Waals surface area contributed by atoms with Gasteiger partial charge in [-0.3, -0.25) is 19.3 Å². The molecule has 14 heteroatoms. The lowest BCUT2D eigenvalue weighted by atomic mass is 10.1. The van der Waals surface area contributed by atoms with E-state index in [1.54, 1.807) is 0 Å². The van der Waals surface area contributed by atoms with Crippen LogP contribution in [-0.2, 0) is 12.7 Å². The first-order chi connectivity index (χ1) is 17.4. The molecule has 37 heavy (non-hydrogen) atoms. The molecule has 9 nitrogen and oxygen atoms in total. The van der Waals surface area contributed by atoms with Crippen LogP contribution in [0.15, 0.2) is 36.5 Å². The zero-order valence-corrected chi connectivity index (χ0v) is 19.4. The summed E-state index contributed by atoms with van der Waals surface area (Å²) in [6, 6.07) is 7.71. The Kier molecular flexibility index (Phi) is 6.53. The second-order valence-electron chi connectivity index (χ2n) is 7.77. The van der Waals surface area contributed by atoms with Gasteiger partial charge in [-0.25, -0.2) is 9.37 Å². The quantitative estimate of drug-likeness (QED) is 0.370. The van der Waals surface area contributed by atoms with Gasteiger partial charge >= 0.3 is 6.18 Å². The molecular formula is C23H14ClF4N7O2. The van der Waals surface area contributed by atoms with E-state index in [0.717, 1.165) is 22.9 Å². The average molecular weight is 532 g/mol. The fourth-order valence-corrected chi connectivity index (χ4v) is 3.67. The molecule has 4 rings (SSSR count). The maximum atomic E-state index is 14.0. The zero-order valence-electron chi connectivity index (χ0n) is 18.7. The molecule has 0 aliphatic rings. The Morgan fingerprint density at radius 2 is 1.97 bits per heavy atom. The number of hydrogen-bond acceptors (Lipinski definition) is 6. The number of primary amides is 1. The molecule has 0 unspecified atom stereocenters. The Balaban J connectivity index is 1.79. The van der Waals surface area contributed by atoms with E-state index < -0.39 is 40.9 Å². The molecule has 0 bridgehead atoms. The van der Waals surface area contributed by atoms with Crippen LogP contribution < -0.4 is 11.1 Å². The first-order valence-electron chi connectivity index (χ1n) is 10.3. The van der Waals surface area contributed by atoms with Crippen LogP contribution in [0.4, 0.5) is 23.2 Å². The number of rotatable bonds is 5. The summed E-state index contributed by atoms with van der Waals surface area (Å²) in [5.41, 5.74) is 2.91. The number of benzene rings is 1. The van der Waals surface area contributed by atoms with Crippen molar-refractivity contribution < 1.29 is 27.2 Å². The van der Waals surface area contributed by atoms with E-state index in [9.17, 15) is 27.2 Å². The number of nitrogens with one attached hydrogen (secondary N) is 1. The normalized spacial score (nSPS) is 11.4. The van der Waals surface area contributed by atoms with Crippen molar-refractivity contribution in [1.29, 1.82) is 5.26 Å². The highest BCUT2D eigenvalue weighted by molar-refractivity contribution is 6.31. The average Bonchev–Trinajstić information content (AvgIpc) is 3.15. The summed E-state index contributed by atoms with van der Waals surface area (Å²) in [5.74, 6) is -2.99. The third-order valence-electron chi connectivity index (χ3n) is 5.33. The van der Waals surface area contributed by atoms with Crippen molar-refractivity contribution in [3.05, 3.63) is 81.3 Å². The van der Waals surface area contributed by atoms with Gasteiger partial charge in [0.2, 0.25) is 0 Å². The summed E-state index contributed by atoms with van der Waals surface area (Å²) in [7, 11) is 0. The molecule has 0 spiro atoms. The Morgan fingerprint density at radius 1 is 1.24 bits per heavy atom. The number of halogens is 5. The van der Waals surface area contributed by atoms with E-state index in [0.29, 0.717) is 5.69 Å². The van der Waals surface area contributed by atoms with Gasteiger partial charge < -0.3 is 11.1 Å². The van der Waals surface area contributed by atoms with Crippen LogP contribution in [0.1, 0.15) is 43.5 Å². The molecular weight excluding hydrogens is 518 g/mol. The van der Waals surface area contributed by atoms with E-state index in [1.165, 1.54) is 25.3 Å². The first-order valence-corrected chi connectivity index (χ1v) is 10.7. The van der Waals surface area contributed by atoms with Crippen molar-refractivity contribution in [3.63, 3.8) is 0 Å². The zero-order chi connectivity index (χ0) is 27.1. The van der Waals surface area contributed by atoms with Crippen molar-refractivity contribution in [2.24, 2.45) is 5.73 Å². The standard InChI is InChI=1S/C23H14ClF4N7O2/c1-10-19(20(23(26,27)28)34-35(10)9-12-3-2-11(7-29)8-31-12)33-22(37)14-5-18(21(30)36)32-17-6-16(25)15(24)4-13(14)17/h2-6,8H,9H2,1H3,(H2,30,36)(H,33,37). The van der Waals surface area contributed by atoms with Crippen LogP contribution in [0.25, 0.3) is 10.9 Å². The predicted octanol–water partition coefficient (Wildman–Crippen LogP) is 4.22. The molecule has 0 fully saturated rings. The third kappa shape index (κ3) is 5.05. The monoisotopic (exact) mass is 531 g/mol. The van der Waals surface area contributed by atoms with Crippen LogP contribution in [0, 0.1) is 24.1 Å². The third-order valence-corrected chi connectivity index (χ3v) is 5.62. The second kappa shape index (κ2) is 9.47. The number of alkyl halides is 3. The lowest BCUT2D eigenvalue weighted by Gasteiger charge is -2.12. The number of nitrogens with two attached hydrogens (primary N) is 1. The van der Waals surface area contributed by atoms with E-state index >= 15 is 0 Å². The van der Waals surface area contributed by atoms with E-state index in [4.69, 9.17) is 22.6 Å². The van der Waals surface area contributed by atoms with Crippen molar-refractivity contribution in [1.82, 2.24) is 19.7 Å². The summed E-state index contributed by atoms with van der Waals surface area (Å²) < 4.78 is 56.5. The summed E-state index contributed by atoms with van der Waals surface area (Å²) in [6.07, 6.45) is -3.68. The lowest BCUT2D eigenvalue weighted by molar-refractivity contribution is -0.140. The number of amides is 2. The molecule has 2 amide bonds. The van der Waals surface area contributed by atoms with Crippen molar-refractivity contribution in [2.45, 2.75) is 19.6 Å². The van der Waals surface area contributed by atoms with Crippen LogP contribution in [0.2, 0.25) is 5.02 Å². The number of carbonyl (C=O) groups is 2. The van der Waals surface area contributed by atoms with E-state index in [1.807, 2.05) is 6.07 Å². The minimum Gasteiger partial charge on any atom is -0.364 e. The number of aromatic nitrogens is 4. The molecule has 0 saturated carbocycles. The van der Waals surface area contributed by atoms with E-state index in [-0.39, 0.29) is 39.3 Å². The predicted molar refractivity (Wildman–Crippen MR) is 123 cm³/mol. The minimum atomic E-state index is -4.94. The van der Waals surface area contributed by atoms with Gasteiger partial charge in [0, 0.05) is 17.6 Å². The number of anilines is 1. The molecule has 188 valence electrons. The van der Waals surface area contributed by atoms with Crippen molar-refractivity contribution >= 4 is 40.0 Å². The molecule has 0 saturated heterocycles. The lowest BCUT2D eigenvalue weighted by Crippen LogP contribution is -2.19. The minimum absolute atomic E-state index is 0.0192. The summed E-state index contributed by atoms with van der Waals surface area (Å²) >= 11 is 5.82. The summed E-state index contributed by atoms with van der Waals surface area (Å²) in [6.45, 7) is 1.13. The molecule has 0 radical (unpaired) electrons. The smallest absolute Gasteiger partial charge is 0.364 e. The SMILES string of the molecule is Cc1c(NC(=O)c2cc(C(N)=O)nc3cc(F)c(Cl)cc23)c(C(F)(F)F)nn1Cc1ccc(C#N)cn1. The summed E-state index contributed by atoms with van der Waals surface area (Å²) in [5, 5.41) is 14.3. The van der Waals surface area contributed by atoms with Crippen LogP contribution >= 0.6 is 11.6 Å². The van der Waals surface area contributed by atoms with E-state index in [2.05, 4.69) is 20.4 Å². The highest BCUT2D eigenvalue weighted by Crippen LogP contribution is 2.36. The van der Waals surface area contributed by atoms with Gasteiger partial charge in [0.1, 0.15) is 17.6 Å². The van der Waals surface area contributed by atoms with Gasteiger partial charge in [0.15, 0.2) is 5.69 Å². The molecule has 1 aromatic carbocycles. The molecule has 3 N–H and O–H groups in total. The number of fused-ring (bicyclic) bond motifs is 1. The Labute approximate surface area is 210 Å². The largest absolute Gasteiger partial charge is 0.437 e. The van der Waals surface area contributed by atoms with Crippen molar-refractivity contribution in [3.8, 4) is 6.07 Å². The summed E-state index contributed by atoms with van der Waals surface area (Å²) in [4.78, 5) is 32.8. The van der Waals surface area contributed by atoms with Gasteiger partial charge in [-0.2, -0.15) is 23.5 Å². The maximum Gasteiger partial charge on any atom is 0.437 e. The van der Waals surface area contributed by atoms with Gasteiger partial charge in [0.25, 0.3) is 11.8 Å². The highest BCUT2D eigenvalue weighted by atomic mass is 35.5. The Hall–Kier alpha value is -4.57. The second-order valence-corrected chi connectivity index (χ2v) is 8.18.